The summed E-state index contributed by atoms with van der Waals surface area (Å²) < 4.78 is 0. The average molecular weight is 237 g/mol. The summed E-state index contributed by atoms with van der Waals surface area (Å²) in [6, 6.07) is 0. The van der Waals surface area contributed by atoms with Crippen LogP contribution in [0.4, 0.5) is 0 Å². The molecular formula is C13H23N3O. The first-order valence-corrected chi connectivity index (χ1v) is 6.33. The lowest BCUT2D eigenvalue weighted by molar-refractivity contribution is 0.549. The molecule has 96 valence electrons. The first kappa shape index (κ1) is 13.9. The average Bonchev–Trinajstić information content (AvgIpc) is 2.29. The maximum Gasteiger partial charge on any atom is 0.255 e. The number of rotatable bonds is 6. The Bertz CT molecular complexity index is 398. The first-order valence-electron chi connectivity index (χ1n) is 6.33. The Hall–Kier alpha value is -1.16. The van der Waals surface area contributed by atoms with Crippen molar-refractivity contribution in [2.75, 3.05) is 6.54 Å². The molecule has 0 aliphatic rings. The van der Waals surface area contributed by atoms with E-state index in [1.165, 1.54) is 0 Å². The van der Waals surface area contributed by atoms with Crippen molar-refractivity contribution in [2.45, 2.75) is 46.6 Å². The lowest BCUT2D eigenvalue weighted by atomic mass is 10.1. The molecule has 4 nitrogen and oxygen atoms in total. The molecule has 1 aromatic heterocycles. The number of H-pyrrole nitrogens is 1. The van der Waals surface area contributed by atoms with E-state index in [0.717, 1.165) is 18.8 Å². The van der Waals surface area contributed by atoms with E-state index in [-0.39, 0.29) is 5.56 Å². The van der Waals surface area contributed by atoms with Crippen molar-refractivity contribution in [3.05, 3.63) is 27.9 Å². The van der Waals surface area contributed by atoms with Gasteiger partial charge >= 0.3 is 0 Å². The Labute approximate surface area is 103 Å². The monoisotopic (exact) mass is 237 g/mol. The van der Waals surface area contributed by atoms with E-state index < -0.39 is 0 Å². The van der Waals surface area contributed by atoms with Gasteiger partial charge in [0.25, 0.3) is 5.56 Å². The minimum absolute atomic E-state index is 0.0217. The molecule has 0 bridgehead atoms. The number of aromatic amines is 1. The van der Waals surface area contributed by atoms with Gasteiger partial charge in [0.2, 0.25) is 0 Å². The van der Waals surface area contributed by atoms with Crippen LogP contribution in [0.2, 0.25) is 0 Å². The summed E-state index contributed by atoms with van der Waals surface area (Å²) >= 11 is 0. The van der Waals surface area contributed by atoms with Gasteiger partial charge in [0.05, 0.1) is 0 Å². The molecule has 1 atom stereocenters. The van der Waals surface area contributed by atoms with Gasteiger partial charge in [-0.3, -0.25) is 4.79 Å². The van der Waals surface area contributed by atoms with Crippen LogP contribution in [-0.4, -0.2) is 16.5 Å². The SMILES string of the molecule is CCC(C)c1ncc(CNCC(C)C)c(=O)[nH]1. The fraction of sp³-hybridized carbons (Fsp3) is 0.692. The van der Waals surface area contributed by atoms with Crippen molar-refractivity contribution in [3.8, 4) is 0 Å². The Morgan fingerprint density at radius 3 is 2.65 bits per heavy atom. The van der Waals surface area contributed by atoms with Gasteiger partial charge in [0.1, 0.15) is 5.82 Å². The van der Waals surface area contributed by atoms with Crippen LogP contribution >= 0.6 is 0 Å². The fourth-order valence-corrected chi connectivity index (χ4v) is 1.50. The van der Waals surface area contributed by atoms with Crippen LogP contribution in [0.25, 0.3) is 0 Å². The van der Waals surface area contributed by atoms with Crippen LogP contribution in [0.5, 0.6) is 0 Å². The molecule has 1 aromatic rings. The van der Waals surface area contributed by atoms with E-state index in [2.05, 4.69) is 43.0 Å². The van der Waals surface area contributed by atoms with E-state index in [4.69, 9.17) is 0 Å². The summed E-state index contributed by atoms with van der Waals surface area (Å²) in [5.41, 5.74) is 0.684. The molecule has 0 saturated carbocycles. The van der Waals surface area contributed by atoms with E-state index in [1.54, 1.807) is 6.20 Å². The molecule has 2 N–H and O–H groups in total. The first-order chi connectivity index (χ1) is 8.04. The second-order valence-electron chi connectivity index (χ2n) is 4.96. The number of nitrogens with one attached hydrogen (secondary N) is 2. The Kier molecular flexibility index (Phi) is 5.35. The van der Waals surface area contributed by atoms with Gasteiger partial charge in [-0.05, 0) is 18.9 Å². The number of aromatic nitrogens is 2. The van der Waals surface area contributed by atoms with Crippen molar-refractivity contribution in [1.82, 2.24) is 15.3 Å². The molecule has 0 amide bonds. The van der Waals surface area contributed by atoms with Gasteiger partial charge in [-0.2, -0.15) is 0 Å². The highest BCUT2D eigenvalue weighted by atomic mass is 16.1. The quantitative estimate of drug-likeness (QED) is 0.796. The minimum atomic E-state index is -0.0217. The summed E-state index contributed by atoms with van der Waals surface area (Å²) in [5.74, 6) is 1.67. The van der Waals surface area contributed by atoms with Crippen LogP contribution in [0.1, 0.15) is 51.4 Å². The van der Waals surface area contributed by atoms with Gasteiger partial charge in [0.15, 0.2) is 0 Å². The molecule has 0 aromatic carbocycles. The Morgan fingerprint density at radius 1 is 1.41 bits per heavy atom. The number of nitrogens with zero attached hydrogens (tertiary/aromatic N) is 1. The Balaban J connectivity index is 2.67. The highest BCUT2D eigenvalue weighted by molar-refractivity contribution is 5.07. The van der Waals surface area contributed by atoms with Crippen LogP contribution in [0, 0.1) is 5.92 Å². The van der Waals surface area contributed by atoms with Crippen LogP contribution < -0.4 is 10.9 Å². The molecule has 17 heavy (non-hydrogen) atoms. The molecule has 1 unspecified atom stereocenters. The molecule has 1 rings (SSSR count). The van der Waals surface area contributed by atoms with Crippen molar-refractivity contribution in [1.29, 1.82) is 0 Å². The van der Waals surface area contributed by atoms with Crippen LogP contribution in [-0.2, 0) is 6.54 Å². The molecular weight excluding hydrogens is 214 g/mol. The van der Waals surface area contributed by atoms with Gasteiger partial charge < -0.3 is 10.3 Å². The lowest BCUT2D eigenvalue weighted by Crippen LogP contribution is -2.25. The molecule has 0 aliphatic carbocycles. The number of hydrogen-bond acceptors (Lipinski definition) is 3. The smallest absolute Gasteiger partial charge is 0.255 e. The lowest BCUT2D eigenvalue weighted by Gasteiger charge is -2.09. The van der Waals surface area contributed by atoms with Gasteiger partial charge in [-0.25, -0.2) is 4.98 Å². The van der Waals surface area contributed by atoms with E-state index in [0.29, 0.717) is 23.9 Å². The summed E-state index contributed by atoms with van der Waals surface area (Å²) in [4.78, 5) is 19.0. The molecule has 0 aliphatic heterocycles. The zero-order valence-electron chi connectivity index (χ0n) is 11.2. The van der Waals surface area contributed by atoms with Gasteiger partial charge in [-0.15, -0.1) is 0 Å². The predicted octanol–water partition coefficient (Wildman–Crippen LogP) is 2.03. The zero-order valence-corrected chi connectivity index (χ0v) is 11.2. The van der Waals surface area contributed by atoms with Crippen LogP contribution in [0.3, 0.4) is 0 Å². The molecule has 4 heteroatoms. The normalized spacial score (nSPS) is 13.0. The molecule has 1 heterocycles. The summed E-state index contributed by atoms with van der Waals surface area (Å²) in [5, 5.41) is 3.24. The second kappa shape index (κ2) is 6.55. The largest absolute Gasteiger partial charge is 0.312 e. The van der Waals surface area contributed by atoms with E-state index >= 15 is 0 Å². The standard InChI is InChI=1S/C13H23N3O/c1-5-10(4)12-15-8-11(13(17)16-12)7-14-6-9(2)3/h8-10,14H,5-7H2,1-4H3,(H,15,16,17). The topological polar surface area (TPSA) is 57.8 Å². The fourth-order valence-electron chi connectivity index (χ4n) is 1.50. The summed E-state index contributed by atoms with van der Waals surface area (Å²) in [6.45, 7) is 9.93. The van der Waals surface area contributed by atoms with E-state index in [1.807, 2.05) is 0 Å². The third-order valence-corrected chi connectivity index (χ3v) is 2.84. The summed E-state index contributed by atoms with van der Waals surface area (Å²) in [7, 11) is 0. The molecule has 0 spiro atoms. The van der Waals surface area contributed by atoms with Gasteiger partial charge in [0, 0.05) is 24.2 Å². The van der Waals surface area contributed by atoms with Crippen molar-refractivity contribution in [2.24, 2.45) is 5.92 Å². The zero-order chi connectivity index (χ0) is 12.8. The second-order valence-corrected chi connectivity index (χ2v) is 4.96. The maximum atomic E-state index is 11.8. The third kappa shape index (κ3) is 4.30. The van der Waals surface area contributed by atoms with Gasteiger partial charge in [-0.1, -0.05) is 27.7 Å². The predicted molar refractivity (Wildman–Crippen MR) is 70.1 cm³/mol. The minimum Gasteiger partial charge on any atom is -0.312 e. The van der Waals surface area contributed by atoms with E-state index in [9.17, 15) is 4.79 Å². The highest BCUT2D eigenvalue weighted by Crippen LogP contribution is 2.11. The Morgan fingerprint density at radius 2 is 2.12 bits per heavy atom. The van der Waals surface area contributed by atoms with Crippen molar-refractivity contribution >= 4 is 0 Å². The maximum absolute atomic E-state index is 11.8. The molecule has 0 saturated heterocycles. The highest BCUT2D eigenvalue weighted by Gasteiger charge is 2.07. The van der Waals surface area contributed by atoms with Crippen molar-refractivity contribution in [3.63, 3.8) is 0 Å². The molecule has 0 fully saturated rings. The van der Waals surface area contributed by atoms with Crippen LogP contribution in [0.15, 0.2) is 11.0 Å². The molecule has 0 radical (unpaired) electrons. The summed E-state index contributed by atoms with van der Waals surface area (Å²) in [6.07, 6.45) is 2.67. The van der Waals surface area contributed by atoms with Crippen molar-refractivity contribution < 1.29 is 0 Å². The number of hydrogen-bond donors (Lipinski definition) is 2. The third-order valence-electron chi connectivity index (χ3n) is 2.84.